The minimum absolute atomic E-state index is 0.304. The van der Waals surface area contributed by atoms with Crippen LogP contribution >= 0.6 is 11.6 Å². The number of carbonyl (C=O) groups excluding carboxylic acids is 1. The number of nitrogens with zero attached hydrogens (tertiary/aromatic N) is 2. The molecule has 0 fully saturated rings. The predicted octanol–water partition coefficient (Wildman–Crippen LogP) is 4.58. The summed E-state index contributed by atoms with van der Waals surface area (Å²) in [5.74, 6) is 0.169. The molecule has 0 atom stereocenters. The lowest BCUT2D eigenvalue weighted by atomic mass is 10.1. The third-order valence-electron chi connectivity index (χ3n) is 4.60. The molecule has 0 radical (unpaired) electrons. The van der Waals surface area contributed by atoms with Crippen molar-refractivity contribution in [3.8, 4) is 17.2 Å². The van der Waals surface area contributed by atoms with Gasteiger partial charge >= 0.3 is 5.97 Å². The van der Waals surface area contributed by atoms with Crippen molar-refractivity contribution < 1.29 is 14.3 Å². The van der Waals surface area contributed by atoms with Gasteiger partial charge in [0, 0.05) is 16.8 Å². The Balaban J connectivity index is 1.68. The number of aromatic nitrogens is 2. The molecule has 0 saturated heterocycles. The number of esters is 1. The molecular weight excluding hydrogens is 404 g/mol. The van der Waals surface area contributed by atoms with Gasteiger partial charge in [-0.3, -0.25) is 4.79 Å². The Hall–Kier alpha value is -3.64. The molecule has 1 heterocycles. The van der Waals surface area contributed by atoms with E-state index in [0.717, 1.165) is 10.8 Å². The average molecular weight is 421 g/mol. The molecule has 0 unspecified atom stereocenters. The summed E-state index contributed by atoms with van der Waals surface area (Å²) in [6.07, 6.45) is 0. The highest BCUT2D eigenvalue weighted by Crippen LogP contribution is 2.25. The van der Waals surface area contributed by atoms with E-state index in [-0.39, 0.29) is 5.69 Å². The van der Waals surface area contributed by atoms with Crippen molar-refractivity contribution in [2.75, 3.05) is 7.11 Å². The molecule has 0 bridgehead atoms. The number of methoxy groups -OCH3 is 1. The number of ether oxygens (including phenoxy) is 2. The predicted molar refractivity (Wildman–Crippen MR) is 115 cm³/mol. The van der Waals surface area contributed by atoms with Crippen molar-refractivity contribution in [1.29, 1.82) is 0 Å². The van der Waals surface area contributed by atoms with Crippen LogP contribution in [0.4, 0.5) is 0 Å². The number of rotatable bonds is 4. The zero-order chi connectivity index (χ0) is 21.3. The number of benzene rings is 3. The van der Waals surface area contributed by atoms with Gasteiger partial charge in [-0.05, 0) is 66.2 Å². The molecule has 0 spiro atoms. The standard InChI is InChI=1S/C23H17ClN2O4/c1-14-11-21(27)22(25-26(14)18-7-5-17(24)6-8-18)23(28)30-20-10-4-15-3-9-19(29-2)12-16(15)13-20/h3-13H,1-2H3. The fourth-order valence-electron chi connectivity index (χ4n) is 3.08. The van der Waals surface area contributed by atoms with E-state index < -0.39 is 11.4 Å². The van der Waals surface area contributed by atoms with E-state index in [0.29, 0.717) is 27.9 Å². The largest absolute Gasteiger partial charge is 0.497 e. The summed E-state index contributed by atoms with van der Waals surface area (Å²) in [4.78, 5) is 25.1. The van der Waals surface area contributed by atoms with Gasteiger partial charge in [0.2, 0.25) is 11.1 Å². The number of fused-ring (bicyclic) bond motifs is 1. The highest BCUT2D eigenvalue weighted by Gasteiger charge is 2.18. The second-order valence-corrected chi connectivity index (χ2v) is 7.09. The first kappa shape index (κ1) is 19.7. The van der Waals surface area contributed by atoms with Gasteiger partial charge in [-0.25, -0.2) is 9.48 Å². The van der Waals surface area contributed by atoms with E-state index >= 15 is 0 Å². The zero-order valence-corrected chi connectivity index (χ0v) is 17.0. The molecule has 30 heavy (non-hydrogen) atoms. The molecule has 0 aliphatic rings. The summed E-state index contributed by atoms with van der Waals surface area (Å²) in [6.45, 7) is 1.73. The van der Waals surface area contributed by atoms with Crippen molar-refractivity contribution in [2.45, 2.75) is 6.92 Å². The van der Waals surface area contributed by atoms with Crippen molar-refractivity contribution in [2.24, 2.45) is 0 Å². The lowest BCUT2D eigenvalue weighted by molar-refractivity contribution is 0.0725. The maximum absolute atomic E-state index is 12.7. The summed E-state index contributed by atoms with van der Waals surface area (Å²) in [7, 11) is 1.58. The fraction of sp³-hybridized carbons (Fsp3) is 0.0870. The van der Waals surface area contributed by atoms with Gasteiger partial charge in [0.1, 0.15) is 11.5 Å². The highest BCUT2D eigenvalue weighted by atomic mass is 35.5. The SMILES string of the molecule is COc1ccc2ccc(OC(=O)c3nn(-c4ccc(Cl)cc4)c(C)cc3=O)cc2c1. The molecule has 7 heteroatoms. The summed E-state index contributed by atoms with van der Waals surface area (Å²) in [5.41, 5.74) is 0.437. The van der Waals surface area contributed by atoms with Crippen LogP contribution in [0.2, 0.25) is 5.02 Å². The lowest BCUT2D eigenvalue weighted by Gasteiger charge is -2.11. The Morgan fingerprint density at radius 1 is 0.933 bits per heavy atom. The van der Waals surface area contributed by atoms with Gasteiger partial charge in [0.25, 0.3) is 0 Å². The van der Waals surface area contributed by atoms with Crippen molar-refractivity contribution in [1.82, 2.24) is 9.78 Å². The molecule has 4 aromatic rings. The first-order valence-electron chi connectivity index (χ1n) is 9.11. The Morgan fingerprint density at radius 3 is 2.30 bits per heavy atom. The van der Waals surface area contributed by atoms with Crippen molar-refractivity contribution >= 4 is 28.3 Å². The monoisotopic (exact) mass is 420 g/mol. The van der Waals surface area contributed by atoms with Crippen LogP contribution in [0.1, 0.15) is 16.2 Å². The van der Waals surface area contributed by atoms with Crippen LogP contribution in [0.3, 0.4) is 0 Å². The average Bonchev–Trinajstić information content (AvgIpc) is 2.74. The van der Waals surface area contributed by atoms with Crippen LogP contribution in [0, 0.1) is 6.92 Å². The van der Waals surface area contributed by atoms with E-state index in [4.69, 9.17) is 21.1 Å². The van der Waals surface area contributed by atoms with Crippen LogP contribution in [-0.2, 0) is 0 Å². The van der Waals surface area contributed by atoms with Gasteiger partial charge in [-0.2, -0.15) is 5.10 Å². The van der Waals surface area contributed by atoms with E-state index in [1.54, 1.807) is 50.4 Å². The molecule has 0 aliphatic heterocycles. The molecule has 0 N–H and O–H groups in total. The second kappa shape index (κ2) is 8.00. The fourth-order valence-corrected chi connectivity index (χ4v) is 3.21. The number of halogens is 1. The van der Waals surface area contributed by atoms with E-state index in [1.807, 2.05) is 24.3 Å². The highest BCUT2D eigenvalue weighted by molar-refractivity contribution is 6.30. The van der Waals surface area contributed by atoms with Crippen LogP contribution in [-0.4, -0.2) is 22.9 Å². The Bertz CT molecular complexity index is 1310. The molecule has 0 aliphatic carbocycles. The second-order valence-electron chi connectivity index (χ2n) is 6.65. The normalized spacial score (nSPS) is 10.8. The van der Waals surface area contributed by atoms with Gasteiger partial charge < -0.3 is 9.47 Å². The first-order valence-corrected chi connectivity index (χ1v) is 9.49. The van der Waals surface area contributed by atoms with Gasteiger partial charge in [-0.1, -0.05) is 23.7 Å². The summed E-state index contributed by atoms with van der Waals surface area (Å²) in [6, 6.07) is 19.1. The van der Waals surface area contributed by atoms with Crippen LogP contribution in [0.5, 0.6) is 11.5 Å². The van der Waals surface area contributed by atoms with E-state index in [1.165, 1.54) is 10.7 Å². The molecule has 1 aromatic heterocycles. The van der Waals surface area contributed by atoms with Crippen molar-refractivity contribution in [3.63, 3.8) is 0 Å². The smallest absolute Gasteiger partial charge is 0.368 e. The molecule has 0 amide bonds. The quantitative estimate of drug-likeness (QED) is 0.357. The van der Waals surface area contributed by atoms with E-state index in [9.17, 15) is 9.59 Å². The summed E-state index contributed by atoms with van der Waals surface area (Å²) < 4.78 is 12.2. The zero-order valence-electron chi connectivity index (χ0n) is 16.3. The summed E-state index contributed by atoms with van der Waals surface area (Å²) in [5, 5.41) is 6.61. The van der Waals surface area contributed by atoms with E-state index in [2.05, 4.69) is 5.10 Å². The van der Waals surface area contributed by atoms with Gasteiger partial charge in [0.05, 0.1) is 12.8 Å². The maximum Gasteiger partial charge on any atom is 0.368 e. The van der Waals surface area contributed by atoms with Crippen LogP contribution in [0.25, 0.3) is 16.5 Å². The number of aryl methyl sites for hydroxylation is 1. The lowest BCUT2D eigenvalue weighted by Crippen LogP contribution is -2.25. The minimum atomic E-state index is -0.829. The number of carbonyl (C=O) groups is 1. The van der Waals surface area contributed by atoms with Crippen LogP contribution < -0.4 is 14.9 Å². The van der Waals surface area contributed by atoms with Gasteiger partial charge in [-0.15, -0.1) is 0 Å². The van der Waals surface area contributed by atoms with Crippen molar-refractivity contribution in [3.05, 3.63) is 93.4 Å². The maximum atomic E-state index is 12.7. The first-order chi connectivity index (χ1) is 14.4. The Morgan fingerprint density at radius 2 is 1.60 bits per heavy atom. The third kappa shape index (κ3) is 3.90. The molecule has 150 valence electrons. The number of hydrogen-bond donors (Lipinski definition) is 0. The molecule has 0 saturated carbocycles. The minimum Gasteiger partial charge on any atom is -0.497 e. The van der Waals surface area contributed by atoms with Crippen LogP contribution in [0.15, 0.2) is 71.5 Å². The molecule has 3 aromatic carbocycles. The third-order valence-corrected chi connectivity index (χ3v) is 4.85. The molecule has 6 nitrogen and oxygen atoms in total. The Labute approximate surface area is 177 Å². The molecule has 4 rings (SSSR count). The van der Waals surface area contributed by atoms with Gasteiger partial charge in [0.15, 0.2) is 0 Å². The summed E-state index contributed by atoms with van der Waals surface area (Å²) >= 11 is 5.93. The Kier molecular flexibility index (Phi) is 5.25. The molecular formula is C23H17ClN2O4. The number of hydrogen-bond acceptors (Lipinski definition) is 5. The topological polar surface area (TPSA) is 70.4 Å².